The largest absolute Gasteiger partial charge is 0.502 e. The number of aromatic nitrogens is 1. The number of thiazole rings is 1. The lowest BCUT2D eigenvalue weighted by Gasteiger charge is -2.26. The van der Waals surface area contributed by atoms with Crippen LogP contribution in [-0.4, -0.2) is 48.5 Å². The van der Waals surface area contributed by atoms with E-state index in [2.05, 4.69) is 4.99 Å². The zero-order chi connectivity index (χ0) is 28.4. The summed E-state index contributed by atoms with van der Waals surface area (Å²) >= 11 is 1.01. The molecule has 1 aromatic heterocycles. The number of carbonyl (C=O) groups excluding carboxylic acids is 1. The van der Waals surface area contributed by atoms with Crippen molar-refractivity contribution < 1.29 is 33.8 Å². The molecule has 0 bridgehead atoms. The lowest BCUT2D eigenvalue weighted by atomic mass is 9.95. The molecule has 1 aliphatic heterocycles. The van der Waals surface area contributed by atoms with E-state index in [1.165, 1.54) is 44.1 Å². The van der Waals surface area contributed by atoms with Gasteiger partial charge in [0.2, 0.25) is 11.5 Å². The molecular formula is C26H25N3O9S. The second kappa shape index (κ2) is 11.0. The van der Waals surface area contributed by atoms with Crippen LogP contribution in [0.4, 0.5) is 5.69 Å². The van der Waals surface area contributed by atoms with E-state index in [0.29, 0.717) is 28.5 Å². The number of phenols is 1. The number of nitro groups is 1. The number of allylic oxidation sites excluding steroid dienone is 1. The number of rotatable bonds is 8. The first-order chi connectivity index (χ1) is 18.7. The highest BCUT2D eigenvalue weighted by molar-refractivity contribution is 7.07. The van der Waals surface area contributed by atoms with Crippen LogP contribution in [0, 0.1) is 10.1 Å². The van der Waals surface area contributed by atoms with Crippen LogP contribution in [0.15, 0.2) is 51.4 Å². The van der Waals surface area contributed by atoms with Gasteiger partial charge in [-0.3, -0.25) is 19.5 Å². The first-order valence-electron chi connectivity index (χ1n) is 11.6. The van der Waals surface area contributed by atoms with Crippen LogP contribution < -0.4 is 29.1 Å². The van der Waals surface area contributed by atoms with Crippen LogP contribution >= 0.6 is 11.3 Å². The van der Waals surface area contributed by atoms with E-state index < -0.39 is 33.9 Å². The van der Waals surface area contributed by atoms with Crippen molar-refractivity contribution in [1.29, 1.82) is 0 Å². The number of nitro benzene ring substituents is 1. The molecule has 2 heterocycles. The van der Waals surface area contributed by atoms with Gasteiger partial charge in [-0.1, -0.05) is 23.5 Å². The molecule has 0 saturated carbocycles. The lowest BCUT2D eigenvalue weighted by Crippen LogP contribution is -2.40. The molecule has 13 heteroatoms. The molecule has 2 aromatic carbocycles. The van der Waals surface area contributed by atoms with Crippen molar-refractivity contribution in [3.05, 3.63) is 82.5 Å². The minimum atomic E-state index is -0.977. The Kier molecular flexibility index (Phi) is 7.72. The van der Waals surface area contributed by atoms with Gasteiger partial charge in [-0.15, -0.1) is 0 Å². The average molecular weight is 556 g/mol. The minimum Gasteiger partial charge on any atom is -0.502 e. The van der Waals surface area contributed by atoms with Crippen molar-refractivity contribution in [3.63, 3.8) is 0 Å². The second-order valence-corrected chi connectivity index (χ2v) is 9.24. The van der Waals surface area contributed by atoms with Gasteiger partial charge in [-0.05, 0) is 37.6 Å². The third-order valence-corrected chi connectivity index (χ3v) is 7.03. The molecule has 12 nitrogen and oxygen atoms in total. The quantitative estimate of drug-likeness (QED) is 0.251. The third-order valence-electron chi connectivity index (χ3n) is 6.05. The zero-order valence-corrected chi connectivity index (χ0v) is 22.5. The molecule has 39 heavy (non-hydrogen) atoms. The monoisotopic (exact) mass is 555 g/mol. The molecule has 204 valence electrons. The number of para-hydroxylation sites is 1. The maximum Gasteiger partial charge on any atom is 0.338 e. The summed E-state index contributed by atoms with van der Waals surface area (Å²) < 4.78 is 23.2. The van der Waals surface area contributed by atoms with Crippen molar-refractivity contribution >= 4 is 29.1 Å². The van der Waals surface area contributed by atoms with E-state index in [0.717, 1.165) is 17.4 Å². The second-order valence-electron chi connectivity index (χ2n) is 8.23. The van der Waals surface area contributed by atoms with Gasteiger partial charge in [0.1, 0.15) is 0 Å². The van der Waals surface area contributed by atoms with E-state index in [9.17, 15) is 24.8 Å². The van der Waals surface area contributed by atoms with Crippen molar-refractivity contribution in [3.8, 4) is 23.0 Å². The van der Waals surface area contributed by atoms with E-state index in [1.807, 2.05) is 0 Å². The van der Waals surface area contributed by atoms with Gasteiger partial charge in [0, 0.05) is 11.6 Å². The summed E-state index contributed by atoms with van der Waals surface area (Å²) in [5.41, 5.74) is 0.0132. The fourth-order valence-electron chi connectivity index (χ4n) is 4.32. The third kappa shape index (κ3) is 4.83. The predicted molar refractivity (Wildman–Crippen MR) is 141 cm³/mol. The van der Waals surface area contributed by atoms with Gasteiger partial charge in [-0.2, -0.15) is 0 Å². The number of esters is 1. The molecule has 0 fully saturated rings. The summed E-state index contributed by atoms with van der Waals surface area (Å²) in [7, 11) is 4.36. The summed E-state index contributed by atoms with van der Waals surface area (Å²) in [6, 6.07) is 6.30. The smallest absolute Gasteiger partial charge is 0.338 e. The minimum absolute atomic E-state index is 0.0835. The standard InChI is InChI=1S/C26H25N3O9S/c1-6-38-25(32)20-13(2)27-26-28(21(20)15-10-17(35-3)23(37-5)18(11-15)36-4)24(31)19(39-26)12-14-8-7-9-16(22(14)30)29(33)34/h7-12,21,30H,6H2,1-5H3/b19-12+. The predicted octanol–water partition coefficient (Wildman–Crippen LogP) is 2.44. The molecule has 1 aliphatic rings. The highest BCUT2D eigenvalue weighted by atomic mass is 32.1. The summed E-state index contributed by atoms with van der Waals surface area (Å²) in [6.45, 7) is 3.41. The maximum absolute atomic E-state index is 13.8. The van der Waals surface area contributed by atoms with Gasteiger partial charge < -0.3 is 24.1 Å². The molecule has 4 rings (SSSR count). The first kappa shape index (κ1) is 27.4. The fraction of sp³-hybridized carbons (Fsp3) is 0.269. The van der Waals surface area contributed by atoms with Crippen molar-refractivity contribution in [2.45, 2.75) is 19.9 Å². The van der Waals surface area contributed by atoms with Crippen molar-refractivity contribution in [2.75, 3.05) is 27.9 Å². The lowest BCUT2D eigenvalue weighted by molar-refractivity contribution is -0.385. The molecule has 1 unspecified atom stereocenters. The molecule has 0 aliphatic carbocycles. The Labute approximate surface area is 225 Å². The molecule has 0 amide bonds. The van der Waals surface area contributed by atoms with Gasteiger partial charge in [0.25, 0.3) is 5.56 Å². The zero-order valence-electron chi connectivity index (χ0n) is 21.7. The Morgan fingerprint density at radius 3 is 2.44 bits per heavy atom. The van der Waals surface area contributed by atoms with Crippen molar-refractivity contribution in [2.24, 2.45) is 4.99 Å². The van der Waals surface area contributed by atoms with Crippen LogP contribution in [0.3, 0.4) is 0 Å². The van der Waals surface area contributed by atoms with E-state index in [-0.39, 0.29) is 27.1 Å². The van der Waals surface area contributed by atoms with Gasteiger partial charge >= 0.3 is 11.7 Å². The number of nitrogens with zero attached hydrogens (tertiary/aromatic N) is 3. The number of hydrogen-bond donors (Lipinski definition) is 1. The Bertz CT molecular complexity index is 1660. The summed E-state index contributed by atoms with van der Waals surface area (Å²) in [4.78, 5) is 42.3. The summed E-state index contributed by atoms with van der Waals surface area (Å²) in [5, 5.41) is 21.7. The molecule has 0 saturated heterocycles. The summed E-state index contributed by atoms with van der Waals surface area (Å²) in [6.07, 6.45) is 1.35. The van der Waals surface area contributed by atoms with Gasteiger partial charge in [0.15, 0.2) is 16.3 Å². The Balaban J connectivity index is 2.03. The fourth-order valence-corrected chi connectivity index (χ4v) is 5.36. The normalized spacial score (nSPS) is 14.9. The number of ether oxygens (including phenoxy) is 4. The maximum atomic E-state index is 13.8. The number of benzene rings is 2. The highest BCUT2D eigenvalue weighted by Crippen LogP contribution is 2.42. The van der Waals surface area contributed by atoms with Gasteiger partial charge in [-0.25, -0.2) is 9.79 Å². The summed E-state index contributed by atoms with van der Waals surface area (Å²) in [5.74, 6) is -0.265. The van der Waals surface area contributed by atoms with E-state index in [4.69, 9.17) is 18.9 Å². The molecule has 0 radical (unpaired) electrons. The van der Waals surface area contributed by atoms with Crippen LogP contribution in [0.2, 0.25) is 0 Å². The Morgan fingerprint density at radius 2 is 1.87 bits per heavy atom. The number of aromatic hydroxyl groups is 1. The molecule has 1 N–H and O–H groups in total. The SMILES string of the molecule is CCOC(=O)C1=C(C)N=c2s/c(=C/c3cccc([N+](=O)[O-])c3O)c(=O)n2C1c1cc(OC)c(OC)c(OC)c1. The van der Waals surface area contributed by atoms with E-state index in [1.54, 1.807) is 26.0 Å². The number of hydrogen-bond acceptors (Lipinski definition) is 11. The topological polar surface area (TPSA) is 152 Å². The molecule has 0 spiro atoms. The molecular weight excluding hydrogens is 530 g/mol. The average Bonchev–Trinajstić information content (AvgIpc) is 3.21. The Hall–Kier alpha value is -4.65. The van der Waals surface area contributed by atoms with E-state index >= 15 is 0 Å². The van der Waals surface area contributed by atoms with Crippen LogP contribution in [-0.2, 0) is 9.53 Å². The number of carbonyl (C=O) groups is 1. The Morgan fingerprint density at radius 1 is 1.21 bits per heavy atom. The number of fused-ring (bicyclic) bond motifs is 1. The van der Waals surface area contributed by atoms with Crippen LogP contribution in [0.5, 0.6) is 23.0 Å². The van der Waals surface area contributed by atoms with Crippen LogP contribution in [0.25, 0.3) is 6.08 Å². The molecule has 3 aromatic rings. The number of methoxy groups -OCH3 is 3. The number of phenolic OH excluding ortho intramolecular Hbond substituents is 1. The molecule has 1 atom stereocenters. The van der Waals surface area contributed by atoms with Gasteiger partial charge in [0.05, 0.1) is 54.7 Å². The highest BCUT2D eigenvalue weighted by Gasteiger charge is 2.34. The van der Waals surface area contributed by atoms with Crippen molar-refractivity contribution in [1.82, 2.24) is 4.57 Å². The first-order valence-corrected chi connectivity index (χ1v) is 12.4. The van der Waals surface area contributed by atoms with Crippen LogP contribution in [0.1, 0.15) is 31.0 Å².